The van der Waals surface area contributed by atoms with Crippen molar-refractivity contribution in [1.29, 1.82) is 0 Å². The van der Waals surface area contributed by atoms with Crippen molar-refractivity contribution in [2.45, 2.75) is 0 Å². The second-order valence-electron chi connectivity index (χ2n) is 5.33. The molecule has 0 fully saturated rings. The number of benzene rings is 1. The highest BCUT2D eigenvalue weighted by molar-refractivity contribution is 6.33. The van der Waals surface area contributed by atoms with Crippen molar-refractivity contribution in [3.63, 3.8) is 0 Å². The zero-order valence-corrected chi connectivity index (χ0v) is 14.6. The Hall–Kier alpha value is -2.38. The van der Waals surface area contributed by atoms with Crippen LogP contribution in [-0.2, 0) is 4.74 Å². The number of likely N-dealkylation sites (N-methyl/N-ethyl adjacent to an activating group) is 1. The molecule has 2 rings (SSSR count). The molecule has 0 amide bonds. The number of halogens is 1. The first-order valence-corrected chi connectivity index (χ1v) is 7.73. The summed E-state index contributed by atoms with van der Waals surface area (Å²) in [6.07, 6.45) is 1.46. The van der Waals surface area contributed by atoms with Crippen LogP contribution in [0, 0.1) is 0 Å². The maximum absolute atomic E-state index is 11.6. The highest BCUT2D eigenvalue weighted by atomic mass is 35.5. The monoisotopic (exact) mass is 349 g/mol. The molecule has 0 spiro atoms. The lowest BCUT2D eigenvalue weighted by Gasteiger charge is -2.12. The van der Waals surface area contributed by atoms with Gasteiger partial charge in [0.05, 0.1) is 23.4 Å². The third-order valence-corrected chi connectivity index (χ3v) is 3.51. The molecule has 0 unspecified atom stereocenters. The van der Waals surface area contributed by atoms with Crippen molar-refractivity contribution in [1.82, 2.24) is 14.9 Å². The minimum absolute atomic E-state index is 0.405. The van der Waals surface area contributed by atoms with E-state index in [-0.39, 0.29) is 0 Å². The highest BCUT2D eigenvalue weighted by Crippen LogP contribution is 2.26. The smallest absolute Gasteiger partial charge is 0.337 e. The first kappa shape index (κ1) is 18.0. The van der Waals surface area contributed by atoms with Crippen LogP contribution >= 0.6 is 11.6 Å². The van der Waals surface area contributed by atoms with Crippen molar-refractivity contribution >= 4 is 34.9 Å². The van der Waals surface area contributed by atoms with Crippen molar-refractivity contribution in [3.05, 3.63) is 41.2 Å². The molecule has 0 atom stereocenters. The van der Waals surface area contributed by atoms with Crippen molar-refractivity contribution in [3.8, 4) is 0 Å². The number of carbonyl (C=O) groups excluding carboxylic acids is 1. The van der Waals surface area contributed by atoms with Gasteiger partial charge in [0, 0.05) is 19.2 Å². The molecule has 0 saturated carbocycles. The molecule has 1 aromatic heterocycles. The van der Waals surface area contributed by atoms with Gasteiger partial charge in [-0.3, -0.25) is 0 Å². The topological polar surface area (TPSA) is 79.4 Å². The fourth-order valence-corrected chi connectivity index (χ4v) is 2.10. The third kappa shape index (κ3) is 5.07. The van der Waals surface area contributed by atoms with Crippen LogP contribution in [-0.4, -0.2) is 55.1 Å². The maximum Gasteiger partial charge on any atom is 0.337 e. The normalized spacial score (nSPS) is 10.5. The van der Waals surface area contributed by atoms with E-state index in [1.54, 1.807) is 24.3 Å². The zero-order valence-electron chi connectivity index (χ0n) is 13.8. The minimum Gasteiger partial charge on any atom is -0.465 e. The Labute approximate surface area is 146 Å². The molecule has 1 aromatic carbocycles. The Morgan fingerprint density at radius 2 is 2.00 bits per heavy atom. The quantitative estimate of drug-likeness (QED) is 0.744. The predicted octanol–water partition coefficient (Wildman–Crippen LogP) is 2.63. The van der Waals surface area contributed by atoms with Gasteiger partial charge in [-0.15, -0.1) is 0 Å². The van der Waals surface area contributed by atoms with E-state index in [1.807, 2.05) is 14.1 Å². The van der Waals surface area contributed by atoms with Crippen LogP contribution in [0.25, 0.3) is 0 Å². The Kier molecular flexibility index (Phi) is 6.34. The van der Waals surface area contributed by atoms with Gasteiger partial charge in [0.1, 0.15) is 18.0 Å². The van der Waals surface area contributed by atoms with Crippen LogP contribution in [0.5, 0.6) is 0 Å². The number of ether oxygens (including phenoxy) is 1. The van der Waals surface area contributed by atoms with Crippen molar-refractivity contribution in [2.24, 2.45) is 0 Å². The minimum atomic E-state index is -0.427. The van der Waals surface area contributed by atoms with Gasteiger partial charge in [-0.1, -0.05) is 11.6 Å². The molecular formula is C16H20ClN5O2. The lowest BCUT2D eigenvalue weighted by Crippen LogP contribution is -2.21. The van der Waals surface area contributed by atoms with E-state index in [4.69, 9.17) is 16.3 Å². The summed E-state index contributed by atoms with van der Waals surface area (Å²) in [6, 6.07) is 6.63. The Balaban J connectivity index is 2.12. The van der Waals surface area contributed by atoms with Crippen LogP contribution in [0.3, 0.4) is 0 Å². The molecule has 0 bridgehead atoms. The molecule has 7 nitrogen and oxygen atoms in total. The largest absolute Gasteiger partial charge is 0.465 e. The third-order valence-electron chi connectivity index (χ3n) is 3.18. The lowest BCUT2D eigenvalue weighted by atomic mass is 10.2. The molecule has 24 heavy (non-hydrogen) atoms. The van der Waals surface area contributed by atoms with Gasteiger partial charge < -0.3 is 20.3 Å². The average molecular weight is 350 g/mol. The van der Waals surface area contributed by atoms with E-state index in [1.165, 1.54) is 13.4 Å². The standard InChI is InChI=1S/C16H20ClN5O2/c1-22(2)7-6-18-14-9-15(20-10-19-14)21-13-8-11(16(23)24-3)4-5-12(13)17/h4-5,8-10H,6-7H2,1-3H3,(H2,18,19,20,21). The van der Waals surface area contributed by atoms with Crippen molar-refractivity contribution in [2.75, 3.05) is 44.9 Å². The van der Waals surface area contributed by atoms with Gasteiger partial charge >= 0.3 is 5.97 Å². The van der Waals surface area contributed by atoms with Gasteiger partial charge in [0.15, 0.2) is 0 Å². The van der Waals surface area contributed by atoms with Gasteiger partial charge in [-0.05, 0) is 32.3 Å². The van der Waals surface area contributed by atoms with E-state index in [9.17, 15) is 4.79 Å². The number of nitrogens with one attached hydrogen (secondary N) is 2. The van der Waals surface area contributed by atoms with E-state index in [0.717, 1.165) is 13.1 Å². The Morgan fingerprint density at radius 3 is 2.71 bits per heavy atom. The predicted molar refractivity (Wildman–Crippen MR) is 95.1 cm³/mol. The average Bonchev–Trinajstić information content (AvgIpc) is 2.56. The molecule has 8 heteroatoms. The fraction of sp³-hybridized carbons (Fsp3) is 0.312. The van der Waals surface area contributed by atoms with Crippen LogP contribution in [0.1, 0.15) is 10.4 Å². The molecule has 2 N–H and O–H groups in total. The highest BCUT2D eigenvalue weighted by Gasteiger charge is 2.10. The van der Waals surface area contributed by atoms with Gasteiger partial charge in [0.25, 0.3) is 0 Å². The van der Waals surface area contributed by atoms with E-state index in [2.05, 4.69) is 25.5 Å². The summed E-state index contributed by atoms with van der Waals surface area (Å²) in [4.78, 5) is 22.0. The van der Waals surface area contributed by atoms with Gasteiger partial charge in [0.2, 0.25) is 0 Å². The number of methoxy groups -OCH3 is 1. The first-order valence-electron chi connectivity index (χ1n) is 7.35. The number of carbonyl (C=O) groups is 1. The molecule has 0 saturated heterocycles. The summed E-state index contributed by atoms with van der Waals surface area (Å²) >= 11 is 6.17. The SMILES string of the molecule is COC(=O)c1ccc(Cl)c(Nc2cc(NCCN(C)C)ncn2)c1. The second kappa shape index (κ2) is 8.47. The second-order valence-corrected chi connectivity index (χ2v) is 5.74. The van der Waals surface area contributed by atoms with Crippen LogP contribution < -0.4 is 10.6 Å². The number of anilines is 3. The van der Waals surface area contributed by atoms with Crippen LogP contribution in [0.2, 0.25) is 5.02 Å². The summed E-state index contributed by atoms with van der Waals surface area (Å²) in [5, 5.41) is 6.78. The Morgan fingerprint density at radius 1 is 1.25 bits per heavy atom. The summed E-state index contributed by atoms with van der Waals surface area (Å²) in [5.41, 5.74) is 0.972. The number of rotatable bonds is 7. The van der Waals surface area contributed by atoms with E-state index in [0.29, 0.717) is 27.9 Å². The molecule has 128 valence electrons. The lowest BCUT2D eigenvalue weighted by molar-refractivity contribution is 0.0601. The number of hydrogen-bond acceptors (Lipinski definition) is 7. The van der Waals surface area contributed by atoms with Crippen LogP contribution in [0.4, 0.5) is 17.3 Å². The summed E-state index contributed by atoms with van der Waals surface area (Å²) in [6.45, 7) is 1.65. The van der Waals surface area contributed by atoms with Gasteiger partial charge in [-0.2, -0.15) is 0 Å². The molecule has 0 aliphatic heterocycles. The molecular weight excluding hydrogens is 330 g/mol. The Bertz CT molecular complexity index is 709. The summed E-state index contributed by atoms with van der Waals surface area (Å²) < 4.78 is 4.71. The first-order chi connectivity index (χ1) is 11.5. The number of esters is 1. The fourth-order valence-electron chi connectivity index (χ4n) is 1.93. The number of nitrogens with zero attached hydrogens (tertiary/aromatic N) is 3. The zero-order chi connectivity index (χ0) is 17.5. The summed E-state index contributed by atoms with van der Waals surface area (Å²) in [5.74, 6) is 0.847. The van der Waals surface area contributed by atoms with E-state index < -0.39 is 5.97 Å². The number of hydrogen-bond donors (Lipinski definition) is 2. The molecule has 0 radical (unpaired) electrons. The summed E-state index contributed by atoms with van der Waals surface area (Å²) in [7, 11) is 5.34. The van der Waals surface area contributed by atoms with Gasteiger partial charge in [-0.25, -0.2) is 14.8 Å². The molecule has 0 aliphatic carbocycles. The van der Waals surface area contributed by atoms with E-state index >= 15 is 0 Å². The van der Waals surface area contributed by atoms with Crippen molar-refractivity contribution < 1.29 is 9.53 Å². The number of aromatic nitrogens is 2. The van der Waals surface area contributed by atoms with Crippen LogP contribution in [0.15, 0.2) is 30.6 Å². The molecule has 1 heterocycles. The molecule has 2 aromatic rings. The maximum atomic E-state index is 11.6. The molecule has 0 aliphatic rings.